The van der Waals surface area contributed by atoms with Crippen LogP contribution in [0.15, 0.2) is 39.8 Å². The van der Waals surface area contributed by atoms with Gasteiger partial charge in [-0.15, -0.1) is 0 Å². The predicted molar refractivity (Wildman–Crippen MR) is 94.8 cm³/mol. The van der Waals surface area contributed by atoms with Crippen molar-refractivity contribution in [2.45, 2.75) is 45.1 Å². The number of nitrogens with two attached hydrogens (primary N) is 1. The summed E-state index contributed by atoms with van der Waals surface area (Å²) in [6.07, 6.45) is -7.26. The highest BCUT2D eigenvalue weighted by Crippen LogP contribution is 2.38. The van der Waals surface area contributed by atoms with Gasteiger partial charge in [-0.1, -0.05) is 23.4 Å². The zero-order chi connectivity index (χ0) is 20.4. The number of allylic oxidation sites excluding steroid dienone is 1. The Morgan fingerprint density at radius 2 is 1.70 bits per heavy atom. The van der Waals surface area contributed by atoms with Crippen LogP contribution in [0.1, 0.15) is 37.0 Å². The monoisotopic (exact) mass is 410 g/mol. The van der Waals surface area contributed by atoms with Crippen molar-refractivity contribution < 1.29 is 26.3 Å². The molecule has 0 saturated heterocycles. The Hall–Kier alpha value is -1.61. The summed E-state index contributed by atoms with van der Waals surface area (Å²) in [6, 6.07) is 1.31. The van der Waals surface area contributed by atoms with Crippen LogP contribution in [0.25, 0.3) is 0 Å². The molecule has 0 amide bonds. The molecule has 0 bridgehead atoms. The molecule has 0 aliphatic carbocycles. The maximum Gasteiger partial charge on any atom is 0.416 e. The van der Waals surface area contributed by atoms with Crippen LogP contribution in [0.2, 0.25) is 0 Å². The highest BCUT2D eigenvalue weighted by molar-refractivity contribution is 8.06. The van der Waals surface area contributed by atoms with Gasteiger partial charge in [0.15, 0.2) is 0 Å². The van der Waals surface area contributed by atoms with Crippen molar-refractivity contribution in [3.8, 4) is 0 Å². The van der Waals surface area contributed by atoms with Crippen LogP contribution in [-0.4, -0.2) is 12.6 Å². The summed E-state index contributed by atoms with van der Waals surface area (Å²) in [4.78, 5) is 0.836. The first kappa shape index (κ1) is 21.7. The van der Waals surface area contributed by atoms with E-state index < -0.39 is 29.5 Å². The van der Waals surface area contributed by atoms with Crippen LogP contribution < -0.4 is 11.1 Å². The van der Waals surface area contributed by atoms with E-state index in [1.54, 1.807) is 13.0 Å². The minimum Gasteiger partial charge on any atom is -0.394 e. The van der Waals surface area contributed by atoms with E-state index >= 15 is 0 Å². The fourth-order valence-electron chi connectivity index (χ4n) is 2.83. The molecule has 150 valence electrons. The quantitative estimate of drug-likeness (QED) is 0.648. The van der Waals surface area contributed by atoms with E-state index in [0.29, 0.717) is 11.6 Å². The highest BCUT2D eigenvalue weighted by atomic mass is 32.2. The zero-order valence-electron chi connectivity index (χ0n) is 14.8. The molecular formula is C18H20F6N2S. The molecule has 1 aliphatic heterocycles. The van der Waals surface area contributed by atoms with E-state index in [2.05, 4.69) is 5.32 Å². The lowest BCUT2D eigenvalue weighted by Gasteiger charge is -2.29. The average Bonchev–Trinajstić information content (AvgIpc) is 2.56. The van der Waals surface area contributed by atoms with E-state index in [1.165, 1.54) is 11.8 Å². The van der Waals surface area contributed by atoms with E-state index in [9.17, 15) is 26.3 Å². The summed E-state index contributed by atoms with van der Waals surface area (Å²) >= 11 is 1.29. The van der Waals surface area contributed by atoms with Crippen LogP contribution in [0.5, 0.6) is 0 Å². The lowest BCUT2D eigenvalue weighted by atomic mass is 9.96. The number of nitrogens with one attached hydrogen (secondary N) is 1. The molecule has 1 aromatic rings. The van der Waals surface area contributed by atoms with Gasteiger partial charge >= 0.3 is 12.4 Å². The summed E-state index contributed by atoms with van der Waals surface area (Å²) < 4.78 is 78.3. The number of benzene rings is 1. The largest absolute Gasteiger partial charge is 0.416 e. The topological polar surface area (TPSA) is 38.0 Å². The molecule has 2 rings (SSSR count). The Morgan fingerprint density at radius 3 is 2.19 bits per heavy atom. The minimum atomic E-state index is -4.85. The Labute approximate surface area is 157 Å². The van der Waals surface area contributed by atoms with Gasteiger partial charge in [0.25, 0.3) is 0 Å². The molecule has 3 N–H and O–H groups in total. The summed E-state index contributed by atoms with van der Waals surface area (Å²) in [6.45, 7) is 4.25. The van der Waals surface area contributed by atoms with Gasteiger partial charge in [0.05, 0.1) is 16.2 Å². The Morgan fingerprint density at radius 1 is 1.15 bits per heavy atom. The molecule has 1 atom stereocenters. The molecule has 0 spiro atoms. The van der Waals surface area contributed by atoms with Crippen LogP contribution in [0.4, 0.5) is 26.3 Å². The van der Waals surface area contributed by atoms with Gasteiger partial charge in [-0.25, -0.2) is 0 Å². The van der Waals surface area contributed by atoms with Crippen LogP contribution in [0, 0.1) is 0 Å². The van der Waals surface area contributed by atoms with Crippen molar-refractivity contribution in [2.75, 3.05) is 6.54 Å². The van der Waals surface area contributed by atoms with Gasteiger partial charge in [-0.3, -0.25) is 0 Å². The second kappa shape index (κ2) is 8.18. The van der Waals surface area contributed by atoms with Crippen LogP contribution >= 0.6 is 11.8 Å². The highest BCUT2D eigenvalue weighted by Gasteiger charge is 2.37. The second-order valence-electron chi connectivity index (χ2n) is 6.31. The van der Waals surface area contributed by atoms with Crippen molar-refractivity contribution in [1.82, 2.24) is 5.32 Å². The fourth-order valence-corrected chi connectivity index (χ4v) is 3.79. The number of thioether (sulfide) groups is 1. The van der Waals surface area contributed by atoms with Crippen molar-refractivity contribution in [1.29, 1.82) is 0 Å². The van der Waals surface area contributed by atoms with Crippen molar-refractivity contribution in [2.24, 2.45) is 5.73 Å². The number of hydrogen-bond acceptors (Lipinski definition) is 3. The molecule has 1 aliphatic rings. The maximum absolute atomic E-state index is 13.1. The average molecular weight is 410 g/mol. The molecule has 2 nitrogen and oxygen atoms in total. The molecule has 1 heterocycles. The van der Waals surface area contributed by atoms with Gasteiger partial charge in [0.2, 0.25) is 0 Å². The van der Waals surface area contributed by atoms with Crippen molar-refractivity contribution in [3.63, 3.8) is 0 Å². The SMILES string of the molecule is C/C=C(/N)SC1=C(C)CCNC1Cc1cc(C(F)(F)F)cc(C(F)(F)F)c1. The summed E-state index contributed by atoms with van der Waals surface area (Å²) in [5.41, 5.74) is 4.25. The maximum atomic E-state index is 13.1. The molecule has 1 aromatic carbocycles. The number of alkyl halides is 6. The van der Waals surface area contributed by atoms with Gasteiger partial charge in [0.1, 0.15) is 0 Å². The van der Waals surface area contributed by atoms with Crippen LogP contribution in [0.3, 0.4) is 0 Å². The predicted octanol–water partition coefficient (Wildman–Crippen LogP) is 5.46. The first-order chi connectivity index (χ1) is 12.4. The molecule has 9 heteroatoms. The second-order valence-corrected chi connectivity index (χ2v) is 7.43. The van der Waals surface area contributed by atoms with E-state index in [0.717, 1.165) is 29.0 Å². The lowest BCUT2D eigenvalue weighted by molar-refractivity contribution is -0.143. The molecule has 27 heavy (non-hydrogen) atoms. The van der Waals surface area contributed by atoms with E-state index in [4.69, 9.17) is 5.73 Å². The number of rotatable bonds is 4. The first-order valence-electron chi connectivity index (χ1n) is 8.23. The molecule has 0 fully saturated rings. The van der Waals surface area contributed by atoms with Crippen molar-refractivity contribution in [3.05, 3.63) is 56.5 Å². The van der Waals surface area contributed by atoms with Gasteiger partial charge in [0, 0.05) is 10.9 Å². The molecule has 0 radical (unpaired) electrons. The summed E-state index contributed by atoms with van der Waals surface area (Å²) in [7, 11) is 0. The van der Waals surface area contributed by atoms with E-state index in [1.807, 2.05) is 6.92 Å². The van der Waals surface area contributed by atoms with Gasteiger partial charge < -0.3 is 11.1 Å². The minimum absolute atomic E-state index is 0.00364. The van der Waals surface area contributed by atoms with E-state index in [-0.39, 0.29) is 18.1 Å². The third kappa shape index (κ3) is 5.68. The number of hydrogen-bond donors (Lipinski definition) is 2. The normalized spacial score (nSPS) is 19.6. The van der Waals surface area contributed by atoms with Gasteiger partial charge in [-0.05, 0) is 57.0 Å². The first-order valence-corrected chi connectivity index (χ1v) is 9.04. The molecule has 0 saturated carbocycles. The third-order valence-electron chi connectivity index (χ3n) is 4.23. The molecular weight excluding hydrogens is 390 g/mol. The standard InChI is InChI=1S/C18H20F6N2S/c1-3-15(25)27-16-10(2)4-5-26-14(16)8-11-6-12(17(19,20)21)9-13(7-11)18(22,23)24/h3,6-7,9,14,26H,4-5,8,25H2,1-2H3/b15-3-. The Balaban J connectivity index is 2.41. The lowest BCUT2D eigenvalue weighted by Crippen LogP contribution is -2.37. The van der Waals surface area contributed by atoms with Gasteiger partial charge in [-0.2, -0.15) is 26.3 Å². The summed E-state index contributed by atoms with van der Waals surface area (Å²) in [5, 5.41) is 3.70. The fraction of sp³-hybridized carbons (Fsp3) is 0.444. The van der Waals surface area contributed by atoms with Crippen LogP contribution in [-0.2, 0) is 18.8 Å². The zero-order valence-corrected chi connectivity index (χ0v) is 15.6. The Bertz CT molecular complexity index is 717. The Kier molecular flexibility index (Phi) is 6.57. The van der Waals surface area contributed by atoms with Crippen molar-refractivity contribution >= 4 is 11.8 Å². The third-order valence-corrected chi connectivity index (χ3v) is 5.55. The number of halogens is 6. The molecule has 0 aromatic heterocycles. The molecule has 1 unspecified atom stereocenters. The summed E-state index contributed by atoms with van der Waals surface area (Å²) in [5.74, 6) is 0. The smallest absolute Gasteiger partial charge is 0.394 e.